The molecule has 1 saturated heterocycles. The van der Waals surface area contributed by atoms with Gasteiger partial charge in [-0.15, -0.1) is 0 Å². The second kappa shape index (κ2) is 4.39. The average Bonchev–Trinajstić information content (AvgIpc) is 2.70. The van der Waals surface area contributed by atoms with Crippen LogP contribution < -0.4 is 5.59 Å². The molecule has 0 aliphatic carbocycles. The first kappa shape index (κ1) is 13.6. The van der Waals surface area contributed by atoms with Gasteiger partial charge in [0.2, 0.25) is 0 Å². The minimum absolute atomic E-state index is 0.305. The Hall–Kier alpha value is -0.805. The summed E-state index contributed by atoms with van der Waals surface area (Å²) in [4.78, 5) is 7.68. The van der Waals surface area contributed by atoms with Crippen LogP contribution in [0.15, 0.2) is 6.20 Å². The van der Waals surface area contributed by atoms with Crippen molar-refractivity contribution in [3.63, 3.8) is 0 Å². The molecule has 0 bridgehead atoms. The molecule has 1 fully saturated rings. The van der Waals surface area contributed by atoms with Crippen molar-refractivity contribution in [2.24, 2.45) is 5.92 Å². The van der Waals surface area contributed by atoms with Crippen molar-refractivity contribution in [3.05, 3.63) is 12.0 Å². The first-order chi connectivity index (χ1) is 8.21. The zero-order valence-corrected chi connectivity index (χ0v) is 12.2. The molecule has 1 aliphatic rings. The van der Waals surface area contributed by atoms with Gasteiger partial charge in [-0.3, -0.25) is 0 Å². The molecule has 0 atom stereocenters. The summed E-state index contributed by atoms with van der Waals surface area (Å²) in [6.07, 6.45) is 2.76. The predicted molar refractivity (Wildman–Crippen MR) is 72.8 cm³/mol. The van der Waals surface area contributed by atoms with Crippen LogP contribution in [0.2, 0.25) is 0 Å². The molecular weight excluding hydrogens is 227 g/mol. The number of imidazole rings is 1. The quantitative estimate of drug-likeness (QED) is 0.833. The third kappa shape index (κ3) is 2.47. The molecule has 0 amide bonds. The topological polar surface area (TPSA) is 47.1 Å². The van der Waals surface area contributed by atoms with Gasteiger partial charge in [-0.2, -0.15) is 0 Å². The van der Waals surface area contributed by atoms with E-state index in [0.29, 0.717) is 5.92 Å². The first-order valence-corrected chi connectivity index (χ1v) is 6.61. The van der Waals surface area contributed by atoms with E-state index in [9.17, 15) is 0 Å². The number of rotatable bonds is 3. The van der Waals surface area contributed by atoms with Gasteiger partial charge in [0, 0.05) is 12.6 Å². The van der Waals surface area contributed by atoms with E-state index < -0.39 is 0 Å². The van der Waals surface area contributed by atoms with E-state index in [1.807, 2.05) is 6.20 Å². The number of H-pyrrole nitrogens is 1. The van der Waals surface area contributed by atoms with Crippen molar-refractivity contribution in [2.45, 2.75) is 59.2 Å². The van der Waals surface area contributed by atoms with Crippen molar-refractivity contribution in [2.75, 3.05) is 0 Å². The Balaban J connectivity index is 2.12. The van der Waals surface area contributed by atoms with Gasteiger partial charge in [-0.25, -0.2) is 4.98 Å². The average molecular weight is 250 g/mol. The molecule has 0 aromatic carbocycles. The first-order valence-electron chi connectivity index (χ1n) is 6.61. The number of nitrogens with zero attached hydrogens (tertiary/aromatic N) is 1. The van der Waals surface area contributed by atoms with Crippen LogP contribution in [-0.4, -0.2) is 28.3 Å². The molecule has 0 saturated carbocycles. The Morgan fingerprint density at radius 2 is 1.78 bits per heavy atom. The maximum Gasteiger partial charge on any atom is 0.513 e. The molecular formula is C13H23BN2O2. The highest BCUT2D eigenvalue weighted by atomic mass is 16.7. The lowest BCUT2D eigenvalue weighted by molar-refractivity contribution is 0.00578. The minimum Gasteiger partial charge on any atom is -0.398 e. The molecule has 4 nitrogen and oxygen atoms in total. The van der Waals surface area contributed by atoms with E-state index in [0.717, 1.165) is 17.8 Å². The lowest BCUT2D eigenvalue weighted by Gasteiger charge is -2.32. The van der Waals surface area contributed by atoms with Gasteiger partial charge in [0.25, 0.3) is 0 Å². The number of nitrogens with one attached hydrogen (secondary N) is 1. The van der Waals surface area contributed by atoms with E-state index in [2.05, 4.69) is 51.5 Å². The Morgan fingerprint density at radius 1 is 1.22 bits per heavy atom. The summed E-state index contributed by atoms with van der Waals surface area (Å²) in [7, 11) is -0.344. The number of hydrogen-bond acceptors (Lipinski definition) is 3. The molecule has 18 heavy (non-hydrogen) atoms. The predicted octanol–water partition coefficient (Wildman–Crippen LogP) is 1.91. The van der Waals surface area contributed by atoms with Gasteiger partial charge in [-0.05, 0) is 33.6 Å². The summed E-state index contributed by atoms with van der Waals surface area (Å²) >= 11 is 0. The van der Waals surface area contributed by atoms with Crippen LogP contribution in [-0.2, 0) is 15.7 Å². The Labute approximate surface area is 110 Å². The highest BCUT2D eigenvalue weighted by Gasteiger charge is 2.52. The Kier molecular flexibility index (Phi) is 3.32. The standard InChI is InChI=1S/C13H23BN2O2/c1-9(2)7-11-15-8-10(16-11)14-17-12(3,4)13(5,6)18-14/h8-9H,7H2,1-6H3,(H,15,16). The fourth-order valence-electron chi connectivity index (χ4n) is 1.96. The van der Waals surface area contributed by atoms with Crippen molar-refractivity contribution in [1.82, 2.24) is 9.97 Å². The normalized spacial score (nSPS) is 21.8. The molecule has 1 N–H and O–H groups in total. The SMILES string of the molecule is CC(C)Cc1ncc(B2OC(C)(C)C(C)(C)O2)[nH]1. The van der Waals surface area contributed by atoms with E-state index in [1.165, 1.54) is 0 Å². The van der Waals surface area contributed by atoms with E-state index in [4.69, 9.17) is 9.31 Å². The van der Waals surface area contributed by atoms with Crippen LogP contribution in [0.25, 0.3) is 0 Å². The fraction of sp³-hybridized carbons (Fsp3) is 0.769. The maximum absolute atomic E-state index is 5.97. The molecule has 0 unspecified atom stereocenters. The highest BCUT2D eigenvalue weighted by Crippen LogP contribution is 2.36. The van der Waals surface area contributed by atoms with Gasteiger partial charge in [0.15, 0.2) is 0 Å². The summed E-state index contributed by atoms with van der Waals surface area (Å²) in [5.41, 5.74) is 0.298. The van der Waals surface area contributed by atoms with E-state index in [-0.39, 0.29) is 18.3 Å². The van der Waals surface area contributed by atoms with E-state index in [1.54, 1.807) is 0 Å². The molecule has 100 valence electrons. The number of hydrogen-bond donors (Lipinski definition) is 1. The van der Waals surface area contributed by atoms with E-state index >= 15 is 0 Å². The largest absolute Gasteiger partial charge is 0.513 e. The van der Waals surface area contributed by atoms with Crippen molar-refractivity contribution in [3.8, 4) is 0 Å². The molecule has 1 aliphatic heterocycles. The summed E-state index contributed by atoms with van der Waals surface area (Å²) in [6.45, 7) is 12.6. The molecule has 2 rings (SSSR count). The molecule has 1 aromatic rings. The molecule has 5 heteroatoms. The third-order valence-electron chi connectivity index (χ3n) is 3.76. The van der Waals surface area contributed by atoms with Crippen LogP contribution in [0.4, 0.5) is 0 Å². The van der Waals surface area contributed by atoms with Crippen LogP contribution in [0.3, 0.4) is 0 Å². The molecule has 2 heterocycles. The summed E-state index contributed by atoms with van der Waals surface area (Å²) < 4.78 is 11.9. The maximum atomic E-state index is 5.97. The second-order valence-electron chi connectivity index (χ2n) is 6.47. The lowest BCUT2D eigenvalue weighted by Crippen LogP contribution is -2.41. The van der Waals surface area contributed by atoms with Crippen LogP contribution in [0.1, 0.15) is 47.4 Å². The Bertz CT molecular complexity index is 410. The number of aromatic nitrogens is 2. The van der Waals surface area contributed by atoms with Crippen molar-refractivity contribution >= 4 is 12.7 Å². The van der Waals surface area contributed by atoms with Gasteiger partial charge in [0.05, 0.1) is 16.8 Å². The van der Waals surface area contributed by atoms with Gasteiger partial charge >= 0.3 is 7.12 Å². The number of aromatic amines is 1. The highest BCUT2D eigenvalue weighted by molar-refractivity contribution is 6.61. The van der Waals surface area contributed by atoms with Gasteiger partial charge in [-0.1, -0.05) is 13.8 Å². The smallest absolute Gasteiger partial charge is 0.398 e. The van der Waals surface area contributed by atoms with Crippen molar-refractivity contribution < 1.29 is 9.31 Å². The minimum atomic E-state index is -0.344. The molecule has 0 radical (unpaired) electrons. The zero-order valence-electron chi connectivity index (χ0n) is 12.2. The molecule has 1 aromatic heterocycles. The summed E-state index contributed by atoms with van der Waals surface area (Å²) in [6, 6.07) is 0. The third-order valence-corrected chi connectivity index (χ3v) is 3.76. The summed E-state index contributed by atoms with van der Waals surface area (Å²) in [5, 5.41) is 0. The van der Waals surface area contributed by atoms with Crippen LogP contribution in [0, 0.1) is 5.92 Å². The van der Waals surface area contributed by atoms with Gasteiger partial charge in [0.1, 0.15) is 5.82 Å². The monoisotopic (exact) mass is 250 g/mol. The van der Waals surface area contributed by atoms with Gasteiger partial charge < -0.3 is 14.3 Å². The Morgan fingerprint density at radius 3 is 2.28 bits per heavy atom. The summed E-state index contributed by atoms with van der Waals surface area (Å²) in [5.74, 6) is 1.58. The van der Waals surface area contributed by atoms with Crippen LogP contribution >= 0.6 is 0 Å². The van der Waals surface area contributed by atoms with Crippen LogP contribution in [0.5, 0.6) is 0 Å². The fourth-order valence-corrected chi connectivity index (χ4v) is 1.96. The lowest BCUT2D eigenvalue weighted by atomic mass is 9.86. The second-order valence-corrected chi connectivity index (χ2v) is 6.47. The molecule has 0 spiro atoms. The van der Waals surface area contributed by atoms with Crippen molar-refractivity contribution in [1.29, 1.82) is 0 Å². The zero-order chi connectivity index (χ0) is 13.6.